The molecule has 0 saturated carbocycles. The number of benzene rings is 1. The maximum absolute atomic E-state index is 9.12. The monoisotopic (exact) mass is 316 g/mol. The summed E-state index contributed by atoms with van der Waals surface area (Å²) in [5.74, 6) is 0. The van der Waals surface area contributed by atoms with E-state index < -0.39 is 0 Å². The van der Waals surface area contributed by atoms with Gasteiger partial charge in [0.2, 0.25) is 0 Å². The molecule has 1 aromatic carbocycles. The van der Waals surface area contributed by atoms with E-state index in [2.05, 4.69) is 44.3 Å². The minimum Gasteiger partial charge on any atom is -0.395 e. The highest BCUT2D eigenvalue weighted by Gasteiger charge is 2.10. The molecule has 0 aliphatic carbocycles. The number of anilines is 1. The normalized spacial score (nSPS) is 10.7. The predicted octanol–water partition coefficient (Wildman–Crippen LogP) is 1.61. The van der Waals surface area contributed by atoms with E-state index in [4.69, 9.17) is 9.84 Å². The highest BCUT2D eigenvalue weighted by Crippen LogP contribution is 2.27. The molecular weight excluding hydrogens is 296 g/mol. The number of halogens is 1. The highest BCUT2D eigenvalue weighted by molar-refractivity contribution is 9.10. The van der Waals surface area contributed by atoms with Gasteiger partial charge in [0.05, 0.1) is 18.9 Å². The Morgan fingerprint density at radius 3 is 2.72 bits per heavy atom. The number of hydrogen-bond donors (Lipinski definition) is 2. The maximum atomic E-state index is 9.12. The molecule has 5 heteroatoms. The lowest BCUT2D eigenvalue weighted by Gasteiger charge is -2.25. The molecule has 0 aliphatic rings. The van der Waals surface area contributed by atoms with Gasteiger partial charge in [0.15, 0.2) is 0 Å². The van der Waals surface area contributed by atoms with E-state index in [9.17, 15) is 0 Å². The second kappa shape index (κ2) is 8.48. The first-order valence-corrected chi connectivity index (χ1v) is 6.80. The van der Waals surface area contributed by atoms with Crippen LogP contribution in [0.2, 0.25) is 0 Å². The summed E-state index contributed by atoms with van der Waals surface area (Å²) in [4.78, 5) is 2.11. The van der Waals surface area contributed by atoms with E-state index in [1.165, 1.54) is 5.56 Å². The smallest absolute Gasteiger partial charge is 0.0637 e. The average molecular weight is 317 g/mol. The Balaban J connectivity index is 2.83. The van der Waals surface area contributed by atoms with Crippen molar-refractivity contribution in [2.45, 2.75) is 6.54 Å². The third-order valence-electron chi connectivity index (χ3n) is 2.67. The van der Waals surface area contributed by atoms with Crippen molar-refractivity contribution in [3.05, 3.63) is 28.2 Å². The lowest BCUT2D eigenvalue weighted by molar-refractivity contribution is 0.203. The largest absolute Gasteiger partial charge is 0.395 e. The van der Waals surface area contributed by atoms with Gasteiger partial charge in [-0.25, -0.2) is 0 Å². The van der Waals surface area contributed by atoms with E-state index in [0.29, 0.717) is 13.2 Å². The summed E-state index contributed by atoms with van der Waals surface area (Å²) in [5, 5.41) is 12.2. The molecule has 0 saturated heterocycles. The molecule has 0 spiro atoms. The fourth-order valence-corrected chi connectivity index (χ4v) is 2.47. The van der Waals surface area contributed by atoms with Crippen LogP contribution in [0.25, 0.3) is 0 Å². The molecule has 0 atom stereocenters. The second-order valence-electron chi connectivity index (χ2n) is 4.02. The van der Waals surface area contributed by atoms with E-state index in [1.54, 1.807) is 7.11 Å². The third kappa shape index (κ3) is 4.57. The molecule has 0 aromatic heterocycles. The van der Waals surface area contributed by atoms with Crippen molar-refractivity contribution in [2.24, 2.45) is 0 Å². The molecule has 0 radical (unpaired) electrons. The molecule has 2 N–H and O–H groups in total. The van der Waals surface area contributed by atoms with E-state index >= 15 is 0 Å². The molecular formula is C13H21BrN2O2. The minimum atomic E-state index is 0.133. The molecule has 1 rings (SSSR count). The fourth-order valence-electron chi connectivity index (χ4n) is 1.80. The van der Waals surface area contributed by atoms with Crippen molar-refractivity contribution in [3.63, 3.8) is 0 Å². The Labute approximate surface area is 117 Å². The van der Waals surface area contributed by atoms with Crippen LogP contribution < -0.4 is 10.2 Å². The topological polar surface area (TPSA) is 44.7 Å². The first-order chi connectivity index (χ1) is 8.72. The van der Waals surface area contributed by atoms with Crippen LogP contribution in [0.4, 0.5) is 5.69 Å². The van der Waals surface area contributed by atoms with Crippen molar-refractivity contribution >= 4 is 21.6 Å². The zero-order chi connectivity index (χ0) is 13.4. The number of aliphatic hydroxyl groups excluding tert-OH is 1. The summed E-state index contributed by atoms with van der Waals surface area (Å²) in [6, 6.07) is 6.26. The average Bonchev–Trinajstić information content (AvgIpc) is 2.35. The van der Waals surface area contributed by atoms with Gasteiger partial charge in [0.1, 0.15) is 0 Å². The Hall–Kier alpha value is -0.620. The van der Waals surface area contributed by atoms with Gasteiger partial charge in [0.25, 0.3) is 0 Å². The van der Waals surface area contributed by atoms with Crippen molar-refractivity contribution in [1.29, 1.82) is 0 Å². The van der Waals surface area contributed by atoms with Crippen LogP contribution in [0.1, 0.15) is 5.56 Å². The zero-order valence-corrected chi connectivity index (χ0v) is 12.5. The molecule has 0 bridgehead atoms. The lowest BCUT2D eigenvalue weighted by Crippen LogP contribution is -2.30. The number of ether oxygens (including phenoxy) is 1. The number of methoxy groups -OCH3 is 1. The van der Waals surface area contributed by atoms with Crippen LogP contribution in [-0.4, -0.2) is 45.6 Å². The molecule has 1 aromatic rings. The molecule has 4 nitrogen and oxygen atoms in total. The quantitative estimate of drug-likeness (QED) is 0.765. The Bertz CT molecular complexity index is 361. The van der Waals surface area contributed by atoms with Crippen LogP contribution in [0, 0.1) is 0 Å². The fraction of sp³-hybridized carbons (Fsp3) is 0.538. The zero-order valence-electron chi connectivity index (χ0n) is 10.9. The van der Waals surface area contributed by atoms with Gasteiger partial charge in [-0.3, -0.25) is 0 Å². The molecule has 0 unspecified atom stereocenters. The van der Waals surface area contributed by atoms with E-state index in [0.717, 1.165) is 23.2 Å². The van der Waals surface area contributed by atoms with E-state index in [-0.39, 0.29) is 6.61 Å². The number of aliphatic hydroxyl groups is 1. The minimum absolute atomic E-state index is 0.133. The third-order valence-corrected chi connectivity index (χ3v) is 3.30. The van der Waals surface area contributed by atoms with Crippen molar-refractivity contribution in [3.8, 4) is 0 Å². The molecule has 18 heavy (non-hydrogen) atoms. The van der Waals surface area contributed by atoms with Gasteiger partial charge >= 0.3 is 0 Å². The van der Waals surface area contributed by atoms with Gasteiger partial charge < -0.3 is 20.1 Å². The van der Waals surface area contributed by atoms with Crippen molar-refractivity contribution < 1.29 is 9.84 Å². The Kier molecular flexibility index (Phi) is 7.27. The summed E-state index contributed by atoms with van der Waals surface area (Å²) >= 11 is 3.59. The van der Waals surface area contributed by atoms with Gasteiger partial charge in [0, 0.05) is 31.2 Å². The van der Waals surface area contributed by atoms with Crippen LogP contribution in [0.3, 0.4) is 0 Å². The standard InChI is InChI=1S/C13H21BrN2O2/c1-15-10-11-3-4-13(12(14)9-11)16(5-7-17)6-8-18-2/h3-4,9,15,17H,5-8,10H2,1-2H3. The summed E-state index contributed by atoms with van der Waals surface area (Å²) < 4.78 is 6.14. The summed E-state index contributed by atoms with van der Waals surface area (Å²) in [7, 11) is 3.61. The number of rotatable bonds is 8. The summed E-state index contributed by atoms with van der Waals surface area (Å²) in [6.45, 7) is 2.99. The number of nitrogens with one attached hydrogen (secondary N) is 1. The van der Waals surface area contributed by atoms with Crippen LogP contribution >= 0.6 is 15.9 Å². The van der Waals surface area contributed by atoms with Gasteiger partial charge in [-0.1, -0.05) is 6.07 Å². The number of hydrogen-bond acceptors (Lipinski definition) is 4. The Morgan fingerprint density at radius 2 is 2.17 bits per heavy atom. The number of nitrogens with zero attached hydrogens (tertiary/aromatic N) is 1. The first-order valence-electron chi connectivity index (χ1n) is 6.00. The summed E-state index contributed by atoms with van der Waals surface area (Å²) in [6.07, 6.45) is 0. The second-order valence-corrected chi connectivity index (χ2v) is 4.87. The van der Waals surface area contributed by atoms with Crippen LogP contribution in [0.15, 0.2) is 22.7 Å². The van der Waals surface area contributed by atoms with Gasteiger partial charge in [-0.15, -0.1) is 0 Å². The first kappa shape index (κ1) is 15.4. The molecule has 0 fully saturated rings. The van der Waals surface area contributed by atoms with Crippen LogP contribution in [-0.2, 0) is 11.3 Å². The SMILES string of the molecule is CNCc1ccc(N(CCO)CCOC)c(Br)c1. The maximum Gasteiger partial charge on any atom is 0.0637 e. The predicted molar refractivity (Wildman–Crippen MR) is 78.1 cm³/mol. The molecule has 0 amide bonds. The lowest BCUT2D eigenvalue weighted by atomic mass is 10.2. The molecule has 0 heterocycles. The van der Waals surface area contributed by atoms with Gasteiger partial charge in [-0.05, 0) is 40.7 Å². The summed E-state index contributed by atoms with van der Waals surface area (Å²) in [5.41, 5.74) is 2.31. The Morgan fingerprint density at radius 1 is 1.39 bits per heavy atom. The van der Waals surface area contributed by atoms with E-state index in [1.807, 2.05) is 7.05 Å². The van der Waals surface area contributed by atoms with Crippen molar-refractivity contribution in [1.82, 2.24) is 5.32 Å². The van der Waals surface area contributed by atoms with Crippen LogP contribution in [0.5, 0.6) is 0 Å². The molecule has 0 aliphatic heterocycles. The van der Waals surface area contributed by atoms with Gasteiger partial charge in [-0.2, -0.15) is 0 Å². The molecule has 102 valence electrons. The van der Waals surface area contributed by atoms with Crippen molar-refractivity contribution in [2.75, 3.05) is 45.4 Å². The highest BCUT2D eigenvalue weighted by atomic mass is 79.9.